The predicted molar refractivity (Wildman–Crippen MR) is 99.2 cm³/mol. The van der Waals surface area contributed by atoms with Gasteiger partial charge in [-0.1, -0.05) is 65.9 Å². The second-order valence-electron chi connectivity index (χ2n) is 5.98. The molecule has 4 heteroatoms. The number of imidazole rings is 1. The summed E-state index contributed by atoms with van der Waals surface area (Å²) in [6.07, 6.45) is 1.77. The Morgan fingerprint density at radius 1 is 1.08 bits per heavy atom. The average Bonchev–Trinajstić information content (AvgIpc) is 2.98. The van der Waals surface area contributed by atoms with Crippen LogP contribution < -0.4 is 0 Å². The quantitative estimate of drug-likeness (QED) is 0.680. The number of aromatic nitrogens is 2. The maximum Gasteiger partial charge on any atom is 0.168 e. The molecular weight excluding hydrogens is 316 g/mol. The molecule has 0 amide bonds. The van der Waals surface area contributed by atoms with Crippen LogP contribution in [0.5, 0.6) is 0 Å². The van der Waals surface area contributed by atoms with Gasteiger partial charge in [0.2, 0.25) is 0 Å². The summed E-state index contributed by atoms with van der Waals surface area (Å²) < 4.78 is 2.10. The van der Waals surface area contributed by atoms with Gasteiger partial charge in [0.25, 0.3) is 0 Å². The van der Waals surface area contributed by atoms with Gasteiger partial charge in [0.1, 0.15) is 0 Å². The zero-order valence-electron chi connectivity index (χ0n) is 14.1. The Labute approximate surface area is 147 Å². The first kappa shape index (κ1) is 16.8. The van der Waals surface area contributed by atoms with Crippen molar-refractivity contribution in [2.75, 3.05) is 0 Å². The van der Waals surface area contributed by atoms with E-state index in [4.69, 9.17) is 0 Å². The molecule has 0 bridgehead atoms. The Kier molecular flexibility index (Phi) is 5.38. The van der Waals surface area contributed by atoms with Crippen molar-refractivity contribution in [3.63, 3.8) is 0 Å². The van der Waals surface area contributed by atoms with E-state index in [-0.39, 0.29) is 6.61 Å². The minimum Gasteiger partial charge on any atom is -0.390 e. The van der Waals surface area contributed by atoms with E-state index in [1.807, 2.05) is 18.2 Å². The normalized spacial score (nSPS) is 11.0. The van der Waals surface area contributed by atoms with Crippen molar-refractivity contribution in [2.24, 2.45) is 0 Å². The molecule has 0 aliphatic rings. The SMILES string of the molecule is Cc1ccc(C)c(CSc2ncc(CO)n2Cc2ccccc2)c1. The van der Waals surface area contributed by atoms with Crippen LogP contribution in [0.1, 0.15) is 27.9 Å². The van der Waals surface area contributed by atoms with Gasteiger partial charge in [0.05, 0.1) is 18.5 Å². The highest BCUT2D eigenvalue weighted by molar-refractivity contribution is 7.98. The van der Waals surface area contributed by atoms with E-state index in [1.54, 1.807) is 18.0 Å². The maximum atomic E-state index is 9.61. The summed E-state index contributed by atoms with van der Waals surface area (Å²) in [6, 6.07) is 16.8. The van der Waals surface area contributed by atoms with E-state index < -0.39 is 0 Å². The number of nitrogens with zero attached hydrogens (tertiary/aromatic N) is 2. The summed E-state index contributed by atoms with van der Waals surface area (Å²) >= 11 is 1.72. The number of aryl methyl sites for hydroxylation is 2. The van der Waals surface area contributed by atoms with Crippen LogP contribution in [-0.2, 0) is 18.9 Å². The zero-order chi connectivity index (χ0) is 16.9. The van der Waals surface area contributed by atoms with Gasteiger partial charge in [-0.3, -0.25) is 0 Å². The van der Waals surface area contributed by atoms with Gasteiger partial charge in [0.15, 0.2) is 5.16 Å². The summed E-state index contributed by atoms with van der Waals surface area (Å²) in [5, 5.41) is 10.6. The number of thioether (sulfide) groups is 1. The minimum atomic E-state index is 0.00384. The molecule has 0 aliphatic carbocycles. The van der Waals surface area contributed by atoms with E-state index in [1.165, 1.54) is 22.3 Å². The topological polar surface area (TPSA) is 38.1 Å². The summed E-state index contributed by atoms with van der Waals surface area (Å²) in [4.78, 5) is 4.52. The molecule has 1 N–H and O–H groups in total. The van der Waals surface area contributed by atoms with Gasteiger partial charge in [0, 0.05) is 12.3 Å². The molecule has 0 saturated heterocycles. The van der Waals surface area contributed by atoms with Crippen LogP contribution in [-0.4, -0.2) is 14.7 Å². The predicted octanol–water partition coefficient (Wildman–Crippen LogP) is 4.33. The van der Waals surface area contributed by atoms with E-state index >= 15 is 0 Å². The third-order valence-electron chi connectivity index (χ3n) is 4.11. The number of aliphatic hydroxyl groups excluding tert-OH is 1. The maximum absolute atomic E-state index is 9.61. The van der Waals surface area contributed by atoms with Crippen LogP contribution in [0.15, 0.2) is 59.9 Å². The van der Waals surface area contributed by atoms with Crippen LogP contribution in [0.2, 0.25) is 0 Å². The van der Waals surface area contributed by atoms with Crippen molar-refractivity contribution in [3.05, 3.63) is 82.7 Å². The lowest BCUT2D eigenvalue weighted by Crippen LogP contribution is -2.06. The molecule has 0 atom stereocenters. The number of aliphatic hydroxyl groups is 1. The summed E-state index contributed by atoms with van der Waals surface area (Å²) in [7, 11) is 0. The number of rotatable bonds is 6. The Morgan fingerprint density at radius 3 is 2.62 bits per heavy atom. The standard InChI is InChI=1S/C20H22N2OS/c1-15-8-9-16(2)18(10-15)14-24-20-21-11-19(13-23)22(20)12-17-6-4-3-5-7-17/h3-11,23H,12-14H2,1-2H3. The highest BCUT2D eigenvalue weighted by atomic mass is 32.2. The van der Waals surface area contributed by atoms with E-state index in [2.05, 4.69) is 53.7 Å². The van der Waals surface area contributed by atoms with Gasteiger partial charge < -0.3 is 9.67 Å². The van der Waals surface area contributed by atoms with Crippen molar-refractivity contribution >= 4 is 11.8 Å². The second-order valence-corrected chi connectivity index (χ2v) is 6.92. The Balaban J connectivity index is 1.81. The molecule has 3 rings (SSSR count). The van der Waals surface area contributed by atoms with Crippen molar-refractivity contribution in [1.82, 2.24) is 9.55 Å². The molecule has 0 saturated carbocycles. The van der Waals surface area contributed by atoms with Crippen LogP contribution >= 0.6 is 11.8 Å². The Morgan fingerprint density at radius 2 is 1.88 bits per heavy atom. The molecule has 0 fully saturated rings. The summed E-state index contributed by atoms with van der Waals surface area (Å²) in [5.41, 5.74) is 5.97. The molecule has 0 radical (unpaired) electrons. The molecule has 3 nitrogen and oxygen atoms in total. The second kappa shape index (κ2) is 7.69. The highest BCUT2D eigenvalue weighted by Crippen LogP contribution is 2.26. The average molecular weight is 338 g/mol. The van der Waals surface area contributed by atoms with E-state index in [0.29, 0.717) is 0 Å². The van der Waals surface area contributed by atoms with Crippen LogP contribution in [0.4, 0.5) is 0 Å². The molecule has 1 heterocycles. The zero-order valence-corrected chi connectivity index (χ0v) is 14.9. The Bertz CT molecular complexity index is 812. The van der Waals surface area contributed by atoms with Crippen molar-refractivity contribution in [3.8, 4) is 0 Å². The minimum absolute atomic E-state index is 0.00384. The molecule has 2 aromatic carbocycles. The smallest absolute Gasteiger partial charge is 0.168 e. The lowest BCUT2D eigenvalue weighted by atomic mass is 10.1. The summed E-state index contributed by atoms with van der Waals surface area (Å²) in [5.74, 6) is 0.879. The van der Waals surface area contributed by atoms with Gasteiger partial charge in [-0.15, -0.1) is 0 Å². The van der Waals surface area contributed by atoms with Crippen LogP contribution in [0.3, 0.4) is 0 Å². The van der Waals surface area contributed by atoms with Crippen molar-refractivity contribution in [2.45, 2.75) is 37.9 Å². The molecule has 124 valence electrons. The third-order valence-corrected chi connectivity index (χ3v) is 5.15. The van der Waals surface area contributed by atoms with E-state index in [9.17, 15) is 5.11 Å². The fraction of sp³-hybridized carbons (Fsp3) is 0.250. The van der Waals surface area contributed by atoms with E-state index in [0.717, 1.165) is 23.1 Å². The molecule has 3 aromatic rings. The molecular formula is C20H22N2OS. The largest absolute Gasteiger partial charge is 0.390 e. The van der Waals surface area contributed by atoms with Gasteiger partial charge in [-0.25, -0.2) is 4.98 Å². The van der Waals surface area contributed by atoms with Crippen molar-refractivity contribution in [1.29, 1.82) is 0 Å². The van der Waals surface area contributed by atoms with Gasteiger partial charge >= 0.3 is 0 Å². The first-order valence-corrected chi connectivity index (χ1v) is 9.04. The van der Waals surface area contributed by atoms with Gasteiger partial charge in [-0.2, -0.15) is 0 Å². The Hall–Kier alpha value is -2.04. The fourth-order valence-electron chi connectivity index (χ4n) is 2.67. The highest BCUT2D eigenvalue weighted by Gasteiger charge is 2.11. The van der Waals surface area contributed by atoms with Crippen molar-refractivity contribution < 1.29 is 5.11 Å². The first-order chi connectivity index (χ1) is 11.7. The van der Waals surface area contributed by atoms with Gasteiger partial charge in [-0.05, 0) is 30.5 Å². The van der Waals surface area contributed by atoms with Crippen LogP contribution in [0.25, 0.3) is 0 Å². The first-order valence-electron chi connectivity index (χ1n) is 8.05. The molecule has 24 heavy (non-hydrogen) atoms. The van der Waals surface area contributed by atoms with Crippen LogP contribution in [0, 0.1) is 13.8 Å². The molecule has 0 spiro atoms. The number of hydrogen-bond donors (Lipinski definition) is 1. The molecule has 0 aliphatic heterocycles. The lowest BCUT2D eigenvalue weighted by molar-refractivity contribution is 0.270. The fourth-order valence-corrected chi connectivity index (χ4v) is 3.73. The molecule has 0 unspecified atom stereocenters. The third kappa shape index (κ3) is 3.89. The number of benzene rings is 2. The summed E-state index contributed by atoms with van der Waals surface area (Å²) in [6.45, 7) is 4.99. The monoisotopic (exact) mass is 338 g/mol. The lowest BCUT2D eigenvalue weighted by Gasteiger charge is -2.12. The molecule has 1 aromatic heterocycles. The number of hydrogen-bond acceptors (Lipinski definition) is 3.